The number of rotatable bonds is 4. The van der Waals surface area contributed by atoms with Crippen molar-refractivity contribution in [3.8, 4) is 5.75 Å². The molecule has 7 nitrogen and oxygen atoms in total. The molecule has 2 atom stereocenters. The summed E-state index contributed by atoms with van der Waals surface area (Å²) in [5.41, 5.74) is -1.45. The molecule has 1 fully saturated rings. The highest BCUT2D eigenvalue weighted by Crippen LogP contribution is 2.26. The van der Waals surface area contributed by atoms with Crippen LogP contribution in [0.3, 0.4) is 0 Å². The molecule has 0 saturated carbocycles. The van der Waals surface area contributed by atoms with Crippen molar-refractivity contribution in [3.63, 3.8) is 0 Å². The van der Waals surface area contributed by atoms with Gasteiger partial charge in [-0.1, -0.05) is 0 Å². The number of aliphatic hydroxyl groups excluding tert-OH is 1. The Hall–Kier alpha value is -2.19. The summed E-state index contributed by atoms with van der Waals surface area (Å²) < 4.78 is 18.5. The van der Waals surface area contributed by atoms with Crippen LogP contribution in [0, 0.1) is 5.82 Å². The number of carbonyl (C=O) groups is 2. The Balaban J connectivity index is 2.12. The lowest BCUT2D eigenvalue weighted by Crippen LogP contribution is -2.61. The summed E-state index contributed by atoms with van der Waals surface area (Å²) in [6.07, 6.45) is -1.15. The third-order valence-electron chi connectivity index (χ3n) is 4.15. The lowest BCUT2D eigenvalue weighted by Gasteiger charge is -2.42. The number of hydrogen-bond acceptors (Lipinski definition) is 5. The van der Waals surface area contributed by atoms with Crippen molar-refractivity contribution in [1.82, 2.24) is 10.2 Å². The molecule has 3 N–H and O–H groups in total. The molecule has 1 aromatic rings. The fourth-order valence-electron chi connectivity index (χ4n) is 2.65. The minimum atomic E-state index is -1.51. The van der Waals surface area contributed by atoms with E-state index in [1.165, 1.54) is 31.1 Å². The number of aliphatic hydroxyl groups is 2. The third kappa shape index (κ3) is 3.82. The van der Waals surface area contributed by atoms with Gasteiger partial charge in [-0.15, -0.1) is 0 Å². The minimum absolute atomic E-state index is 0.0528. The van der Waals surface area contributed by atoms with E-state index < -0.39 is 23.4 Å². The quantitative estimate of drug-likeness (QED) is 0.711. The van der Waals surface area contributed by atoms with Crippen LogP contribution in [0.1, 0.15) is 23.7 Å². The highest BCUT2D eigenvalue weighted by molar-refractivity contribution is 5.97. The molecule has 1 saturated heterocycles. The van der Waals surface area contributed by atoms with Gasteiger partial charge in [0.15, 0.2) is 0 Å². The number of methoxy groups -OCH3 is 1. The predicted molar refractivity (Wildman–Crippen MR) is 83.1 cm³/mol. The number of β-amino-alcohol motifs (C(OH)–C–C–N with tert-alkyl or cyclic N) is 1. The summed E-state index contributed by atoms with van der Waals surface area (Å²) in [5.74, 6) is -1.15. The standard InChI is InChI=1S/C16H21FN2O5/c1-10(20)18-9-16(23)5-6-19(8-14(16)21)15(22)12-7-11(17)3-4-13(12)24-2/h3-4,7,14,21,23H,5-6,8-9H2,1-2H3,(H,18,20)/t14-,16-/m1/s1. The van der Waals surface area contributed by atoms with Gasteiger partial charge in [0.2, 0.25) is 5.91 Å². The van der Waals surface area contributed by atoms with Crippen molar-refractivity contribution in [2.75, 3.05) is 26.7 Å². The van der Waals surface area contributed by atoms with Gasteiger partial charge in [-0.2, -0.15) is 0 Å². The highest BCUT2D eigenvalue weighted by Gasteiger charge is 2.42. The van der Waals surface area contributed by atoms with E-state index in [0.29, 0.717) is 0 Å². The molecular formula is C16H21FN2O5. The summed E-state index contributed by atoms with van der Waals surface area (Å²) in [6, 6.07) is 3.62. The zero-order valence-corrected chi connectivity index (χ0v) is 13.6. The van der Waals surface area contributed by atoms with Crippen molar-refractivity contribution in [2.45, 2.75) is 25.0 Å². The predicted octanol–water partition coefficient (Wildman–Crippen LogP) is -0.0917. The average molecular weight is 340 g/mol. The first-order valence-electron chi connectivity index (χ1n) is 7.54. The second-order valence-electron chi connectivity index (χ2n) is 5.87. The Labute approximate surface area is 139 Å². The van der Waals surface area contributed by atoms with Gasteiger partial charge in [0.25, 0.3) is 5.91 Å². The zero-order valence-electron chi connectivity index (χ0n) is 13.6. The second-order valence-corrected chi connectivity index (χ2v) is 5.87. The molecule has 132 valence electrons. The average Bonchev–Trinajstić information content (AvgIpc) is 2.55. The Kier molecular flexibility index (Phi) is 5.40. The molecule has 0 aliphatic carbocycles. The van der Waals surface area contributed by atoms with Crippen LogP contribution in [0.5, 0.6) is 5.75 Å². The molecule has 2 rings (SSSR count). The first-order valence-corrected chi connectivity index (χ1v) is 7.54. The van der Waals surface area contributed by atoms with Gasteiger partial charge >= 0.3 is 0 Å². The summed E-state index contributed by atoms with van der Waals surface area (Å²) in [4.78, 5) is 24.9. The Morgan fingerprint density at radius 3 is 2.79 bits per heavy atom. The molecule has 1 aliphatic heterocycles. The molecular weight excluding hydrogens is 319 g/mol. The van der Waals surface area contributed by atoms with Crippen molar-refractivity contribution in [3.05, 3.63) is 29.6 Å². The number of amides is 2. The molecule has 0 unspecified atom stereocenters. The number of hydrogen-bond donors (Lipinski definition) is 3. The maximum atomic E-state index is 13.4. The molecule has 0 radical (unpaired) electrons. The minimum Gasteiger partial charge on any atom is -0.496 e. The number of halogens is 1. The van der Waals surface area contributed by atoms with Gasteiger partial charge in [-0.3, -0.25) is 9.59 Å². The monoisotopic (exact) mass is 340 g/mol. The first kappa shape index (κ1) is 18.2. The van der Waals surface area contributed by atoms with Crippen LogP contribution in [-0.4, -0.2) is 65.4 Å². The molecule has 1 aliphatic rings. The number of nitrogens with one attached hydrogen (secondary N) is 1. The molecule has 0 aromatic heterocycles. The van der Waals surface area contributed by atoms with Crippen LogP contribution in [-0.2, 0) is 4.79 Å². The van der Waals surface area contributed by atoms with Crippen LogP contribution in [0.15, 0.2) is 18.2 Å². The normalized spacial score (nSPS) is 23.7. The van der Waals surface area contributed by atoms with Crippen LogP contribution in [0.25, 0.3) is 0 Å². The lowest BCUT2D eigenvalue weighted by molar-refractivity contribution is -0.127. The van der Waals surface area contributed by atoms with E-state index in [1.807, 2.05) is 0 Å². The smallest absolute Gasteiger partial charge is 0.257 e. The van der Waals surface area contributed by atoms with E-state index in [2.05, 4.69) is 5.32 Å². The lowest BCUT2D eigenvalue weighted by atomic mass is 9.88. The molecule has 0 bridgehead atoms. The summed E-state index contributed by atoms with van der Waals surface area (Å²) >= 11 is 0. The summed E-state index contributed by atoms with van der Waals surface area (Å²) in [5, 5.41) is 23.1. The number of likely N-dealkylation sites (tertiary alicyclic amines) is 1. The molecule has 8 heteroatoms. The highest BCUT2D eigenvalue weighted by atomic mass is 19.1. The van der Waals surface area contributed by atoms with E-state index >= 15 is 0 Å². The van der Waals surface area contributed by atoms with Crippen molar-refractivity contribution in [2.24, 2.45) is 0 Å². The van der Waals surface area contributed by atoms with Gasteiger partial charge in [-0.05, 0) is 24.6 Å². The van der Waals surface area contributed by atoms with E-state index in [0.717, 1.165) is 6.07 Å². The van der Waals surface area contributed by atoms with Gasteiger partial charge in [0.05, 0.1) is 12.7 Å². The van der Waals surface area contributed by atoms with Gasteiger partial charge in [0, 0.05) is 26.6 Å². The zero-order chi connectivity index (χ0) is 17.9. The summed E-state index contributed by atoms with van der Waals surface area (Å²) in [6.45, 7) is 1.24. The molecule has 1 aromatic carbocycles. The van der Waals surface area contributed by atoms with Crippen molar-refractivity contribution >= 4 is 11.8 Å². The van der Waals surface area contributed by atoms with E-state index in [-0.39, 0.29) is 43.3 Å². The molecule has 1 heterocycles. The van der Waals surface area contributed by atoms with Gasteiger partial charge in [-0.25, -0.2) is 4.39 Å². The van der Waals surface area contributed by atoms with Gasteiger partial charge in [0.1, 0.15) is 23.3 Å². The first-order chi connectivity index (χ1) is 11.3. The topological polar surface area (TPSA) is 99.1 Å². The summed E-state index contributed by atoms with van der Waals surface area (Å²) in [7, 11) is 1.38. The van der Waals surface area contributed by atoms with Crippen molar-refractivity contribution < 1.29 is 28.9 Å². The third-order valence-corrected chi connectivity index (χ3v) is 4.15. The van der Waals surface area contributed by atoms with E-state index in [4.69, 9.17) is 4.74 Å². The number of carbonyl (C=O) groups excluding carboxylic acids is 2. The Morgan fingerprint density at radius 2 is 2.21 bits per heavy atom. The largest absolute Gasteiger partial charge is 0.496 e. The molecule has 2 amide bonds. The fraction of sp³-hybridized carbons (Fsp3) is 0.500. The molecule has 0 spiro atoms. The fourth-order valence-corrected chi connectivity index (χ4v) is 2.65. The van der Waals surface area contributed by atoms with Crippen molar-refractivity contribution in [1.29, 1.82) is 0 Å². The van der Waals surface area contributed by atoms with Crippen LogP contribution >= 0.6 is 0 Å². The Bertz CT molecular complexity index is 639. The second kappa shape index (κ2) is 7.14. The maximum Gasteiger partial charge on any atom is 0.257 e. The van der Waals surface area contributed by atoms with E-state index in [9.17, 15) is 24.2 Å². The van der Waals surface area contributed by atoms with E-state index in [1.54, 1.807) is 0 Å². The van der Waals surface area contributed by atoms with Crippen LogP contribution in [0.4, 0.5) is 4.39 Å². The number of nitrogens with zero attached hydrogens (tertiary/aromatic N) is 1. The number of benzene rings is 1. The Morgan fingerprint density at radius 1 is 1.50 bits per heavy atom. The maximum absolute atomic E-state index is 13.4. The van der Waals surface area contributed by atoms with Crippen LogP contribution < -0.4 is 10.1 Å². The number of piperidine rings is 1. The van der Waals surface area contributed by atoms with Crippen LogP contribution in [0.2, 0.25) is 0 Å². The SMILES string of the molecule is COc1ccc(F)cc1C(=O)N1CC[C@@](O)(CNC(C)=O)[C@H](O)C1. The molecule has 24 heavy (non-hydrogen) atoms. The van der Waals surface area contributed by atoms with Gasteiger partial charge < -0.3 is 25.2 Å². The number of ether oxygens (including phenoxy) is 1.